The van der Waals surface area contributed by atoms with Gasteiger partial charge in [0, 0.05) is 132 Å². The highest BCUT2D eigenvalue weighted by atomic mass is 15.1. The van der Waals surface area contributed by atoms with Crippen LogP contribution in [0.3, 0.4) is 0 Å². The molecule has 0 saturated carbocycles. The van der Waals surface area contributed by atoms with Gasteiger partial charge in [-0.1, -0.05) is 243 Å². The molecule has 0 unspecified atom stereocenters. The van der Waals surface area contributed by atoms with Crippen LogP contribution < -0.4 is 0 Å². The van der Waals surface area contributed by atoms with E-state index in [1.54, 1.807) is 0 Å². The monoisotopic (exact) mass is 1470 g/mol. The Morgan fingerprint density at radius 1 is 0.112 bits per heavy atom. The van der Waals surface area contributed by atoms with Crippen LogP contribution in [-0.4, -0.2) is 36.5 Å². The third-order valence-electron chi connectivity index (χ3n) is 25.1. The molecule has 0 fully saturated rings. The van der Waals surface area contributed by atoms with Gasteiger partial charge in [-0.05, 0) is 169 Å². The highest BCUT2D eigenvalue weighted by molar-refractivity contribution is 6.31. The summed E-state index contributed by atoms with van der Waals surface area (Å²) < 4.78 is 20.2. The van der Waals surface area contributed by atoms with Crippen molar-refractivity contribution in [3.05, 3.63) is 400 Å². The first-order chi connectivity index (χ1) is 57.6. The third kappa shape index (κ3) is 8.65. The van der Waals surface area contributed by atoms with Gasteiger partial charge in [0.15, 0.2) is 0 Å². The minimum Gasteiger partial charge on any atom is -0.309 e. The molecule has 538 valence electrons. The van der Waals surface area contributed by atoms with Crippen LogP contribution in [0, 0.1) is 0 Å². The molecule has 18 aromatic carbocycles. The number of benzene rings is 18. The van der Waals surface area contributed by atoms with Crippen molar-refractivity contribution in [3.8, 4) is 56.6 Å². The third-order valence-corrected chi connectivity index (χ3v) is 25.1. The molecule has 0 saturated heterocycles. The Balaban J connectivity index is 0.821. The van der Waals surface area contributed by atoms with E-state index in [4.69, 9.17) is 0 Å². The second kappa shape index (κ2) is 23.9. The summed E-state index contributed by atoms with van der Waals surface area (Å²) in [6.07, 6.45) is 0. The summed E-state index contributed by atoms with van der Waals surface area (Å²) in [6, 6.07) is 150. The van der Waals surface area contributed by atoms with Crippen LogP contribution in [0.2, 0.25) is 0 Å². The standard InChI is InChI=1S/C108H66N8/c1-5-29-69(30-6-1)113-89-45-21-13-37-77(89)81-53-57-97-101(105(81)113)85-41-17-25-49-93(85)109(97)73-61-67(62-74(65-73)110-94-50-26-18-42-86(94)102-98(110)58-54-82-78-38-14-22-46-90(78)114(106(82)102)70-31-7-2-8-32-70)68-63-75(111-95-51-27-19-43-87(95)103-99(111)59-55-83-79-39-15-23-47-91(79)115(107(83)103)71-33-9-3-10-34-71)66-76(64-68)112-96-52-28-20-44-88(96)104-100(112)60-56-84-80-40-16-24-48-92(80)116(108(84)104)72-35-11-4-12-36-72/h1-66H. The zero-order valence-corrected chi connectivity index (χ0v) is 62.7. The van der Waals surface area contributed by atoms with E-state index in [0.717, 1.165) is 101 Å². The lowest BCUT2D eigenvalue weighted by Gasteiger charge is -2.19. The Morgan fingerprint density at radius 3 is 0.509 bits per heavy atom. The number of rotatable bonds is 9. The van der Waals surface area contributed by atoms with E-state index in [0.29, 0.717) is 0 Å². The minimum absolute atomic E-state index is 1.03. The van der Waals surface area contributed by atoms with Crippen LogP contribution in [-0.2, 0) is 0 Å². The van der Waals surface area contributed by atoms with Crippen molar-refractivity contribution in [2.45, 2.75) is 0 Å². The highest BCUT2D eigenvalue weighted by Crippen LogP contribution is 2.50. The summed E-state index contributed by atoms with van der Waals surface area (Å²) >= 11 is 0. The highest BCUT2D eigenvalue weighted by Gasteiger charge is 2.29. The summed E-state index contributed by atoms with van der Waals surface area (Å²) in [4.78, 5) is 0. The molecule has 26 aromatic rings. The predicted octanol–water partition coefficient (Wildman–Crippen LogP) is 28.1. The Labute approximate surface area is 663 Å². The lowest BCUT2D eigenvalue weighted by atomic mass is 10.0. The summed E-state index contributed by atoms with van der Waals surface area (Å²) in [5.41, 5.74) is 29.0. The van der Waals surface area contributed by atoms with Crippen LogP contribution in [0.4, 0.5) is 0 Å². The first kappa shape index (κ1) is 63.0. The van der Waals surface area contributed by atoms with E-state index in [-0.39, 0.29) is 0 Å². The fourth-order valence-corrected chi connectivity index (χ4v) is 20.6. The zero-order valence-electron chi connectivity index (χ0n) is 62.7. The van der Waals surface area contributed by atoms with Gasteiger partial charge in [-0.3, -0.25) is 0 Å². The molecule has 0 bridgehead atoms. The van der Waals surface area contributed by atoms with Gasteiger partial charge in [0.25, 0.3) is 0 Å². The molecule has 8 heteroatoms. The van der Waals surface area contributed by atoms with Crippen molar-refractivity contribution in [2.24, 2.45) is 0 Å². The molecular formula is C108H66N8. The van der Waals surface area contributed by atoms with Gasteiger partial charge in [-0.2, -0.15) is 0 Å². The molecule has 0 atom stereocenters. The predicted molar refractivity (Wildman–Crippen MR) is 487 cm³/mol. The lowest BCUT2D eigenvalue weighted by Crippen LogP contribution is -2.02. The van der Waals surface area contributed by atoms with Crippen LogP contribution in [0.25, 0.3) is 231 Å². The summed E-state index contributed by atoms with van der Waals surface area (Å²) in [5, 5.41) is 19.2. The van der Waals surface area contributed by atoms with Crippen LogP contribution in [0.1, 0.15) is 0 Å². The number of aromatic nitrogens is 8. The zero-order chi connectivity index (χ0) is 75.5. The lowest BCUT2D eigenvalue weighted by molar-refractivity contribution is 1.13. The molecular weight excluding hydrogens is 1410 g/mol. The fraction of sp³-hybridized carbons (Fsp3) is 0. The van der Waals surface area contributed by atoms with E-state index >= 15 is 0 Å². The maximum atomic E-state index is 2.56. The van der Waals surface area contributed by atoms with E-state index in [2.05, 4.69) is 437 Å². The quantitative estimate of drug-likeness (QED) is 0.138. The maximum Gasteiger partial charge on any atom is 0.0641 e. The van der Waals surface area contributed by atoms with Gasteiger partial charge in [0.05, 0.1) is 88.3 Å². The molecule has 0 amide bonds. The topological polar surface area (TPSA) is 39.4 Å². The molecule has 8 aromatic heterocycles. The summed E-state index contributed by atoms with van der Waals surface area (Å²) in [6.45, 7) is 0. The van der Waals surface area contributed by atoms with Crippen molar-refractivity contribution in [2.75, 3.05) is 0 Å². The Kier molecular flexibility index (Phi) is 13.0. The first-order valence-electron chi connectivity index (χ1n) is 40.0. The Bertz CT molecular complexity index is 7680. The summed E-state index contributed by atoms with van der Waals surface area (Å²) in [5.74, 6) is 0. The maximum absolute atomic E-state index is 2.56. The molecule has 116 heavy (non-hydrogen) atoms. The van der Waals surface area contributed by atoms with Crippen molar-refractivity contribution in [1.82, 2.24) is 36.5 Å². The van der Waals surface area contributed by atoms with Crippen molar-refractivity contribution >= 4 is 174 Å². The second-order valence-corrected chi connectivity index (χ2v) is 31.1. The number of para-hydroxylation sites is 12. The normalized spacial score (nSPS) is 12.3. The second-order valence-electron chi connectivity index (χ2n) is 31.1. The van der Waals surface area contributed by atoms with E-state index in [1.165, 1.54) is 130 Å². The minimum atomic E-state index is 1.03. The van der Waals surface area contributed by atoms with Crippen molar-refractivity contribution < 1.29 is 0 Å². The SMILES string of the molecule is c1ccc(-n2c3ccccc3c3ccc4c(c5ccccc5n4-c4cc(-c5cc(-n6c7ccccc7c7c6ccc6c8ccccc8n(-c8ccccc8)c67)cc(-n6c7ccccc7c7c6ccc6c8ccccc8n(-c8ccccc8)c67)c5)cc(-n5c6ccccc6c6c5ccc5c7ccccc7n(-c7ccccc7)c56)c4)c32)cc1. The molecule has 0 spiro atoms. The average Bonchev–Trinajstić information content (AvgIpc) is 1.56. The molecule has 8 heterocycles. The molecule has 0 aliphatic heterocycles. The molecule has 0 aliphatic rings. The fourth-order valence-electron chi connectivity index (χ4n) is 20.6. The van der Waals surface area contributed by atoms with E-state index in [9.17, 15) is 0 Å². The van der Waals surface area contributed by atoms with Crippen LogP contribution in [0.15, 0.2) is 400 Å². The van der Waals surface area contributed by atoms with Gasteiger partial charge in [-0.15, -0.1) is 0 Å². The van der Waals surface area contributed by atoms with Crippen LogP contribution in [0.5, 0.6) is 0 Å². The van der Waals surface area contributed by atoms with Gasteiger partial charge in [-0.25, -0.2) is 0 Å². The number of hydrogen-bond acceptors (Lipinski definition) is 0. The van der Waals surface area contributed by atoms with E-state index < -0.39 is 0 Å². The molecule has 26 rings (SSSR count). The molecule has 0 N–H and O–H groups in total. The van der Waals surface area contributed by atoms with Crippen LogP contribution >= 0.6 is 0 Å². The Hall–Kier alpha value is -15.6. The Morgan fingerprint density at radius 2 is 0.293 bits per heavy atom. The van der Waals surface area contributed by atoms with E-state index in [1.807, 2.05) is 0 Å². The summed E-state index contributed by atoms with van der Waals surface area (Å²) in [7, 11) is 0. The molecule has 0 aliphatic carbocycles. The van der Waals surface area contributed by atoms with Crippen molar-refractivity contribution in [3.63, 3.8) is 0 Å². The largest absolute Gasteiger partial charge is 0.309 e. The first-order valence-corrected chi connectivity index (χ1v) is 40.0. The number of nitrogens with zero attached hydrogens (tertiary/aromatic N) is 8. The van der Waals surface area contributed by atoms with Gasteiger partial charge >= 0.3 is 0 Å². The smallest absolute Gasteiger partial charge is 0.0641 e. The molecule has 0 radical (unpaired) electrons. The number of fused-ring (bicyclic) bond motifs is 28. The molecule has 8 nitrogen and oxygen atoms in total. The van der Waals surface area contributed by atoms with Gasteiger partial charge in [0.1, 0.15) is 0 Å². The van der Waals surface area contributed by atoms with Gasteiger partial charge < -0.3 is 36.5 Å². The van der Waals surface area contributed by atoms with Gasteiger partial charge in [0.2, 0.25) is 0 Å². The average molecular weight is 1480 g/mol. The van der Waals surface area contributed by atoms with Crippen molar-refractivity contribution in [1.29, 1.82) is 0 Å². The number of hydrogen-bond donors (Lipinski definition) is 0.